The summed E-state index contributed by atoms with van der Waals surface area (Å²) in [6.45, 7) is 7.76. The number of aromatic hydroxyl groups is 1. The second-order valence-electron chi connectivity index (χ2n) is 6.12. The van der Waals surface area contributed by atoms with Crippen molar-refractivity contribution < 1.29 is 14.7 Å². The van der Waals surface area contributed by atoms with Crippen molar-refractivity contribution in [3.8, 4) is 5.75 Å². The number of hydrogen-bond donors (Lipinski definition) is 3. The number of rotatable bonds is 3. The predicted molar refractivity (Wildman–Crippen MR) is 95.4 cm³/mol. The van der Waals surface area contributed by atoms with Gasteiger partial charge in [-0.25, -0.2) is 0 Å². The quantitative estimate of drug-likeness (QED) is 0.594. The third kappa shape index (κ3) is 3.93. The summed E-state index contributed by atoms with van der Waals surface area (Å²) in [5.74, 6) is -1.47. The van der Waals surface area contributed by atoms with Crippen molar-refractivity contribution in [2.24, 2.45) is 0 Å². The Morgan fingerprint density at radius 2 is 1.67 bits per heavy atom. The Morgan fingerprint density at radius 3 is 2.33 bits per heavy atom. The number of aryl methyl sites for hydroxylation is 2. The van der Waals surface area contributed by atoms with E-state index in [1.165, 1.54) is 6.07 Å². The zero-order valence-corrected chi connectivity index (χ0v) is 14.3. The molecule has 0 radical (unpaired) electrons. The molecule has 2 amide bonds. The SMILES string of the molecule is Cc1ccc(O)c(NC(=O)C(=O)Nc2c(C)cccc2C(C)C)c1. The average Bonchev–Trinajstić information content (AvgIpc) is 2.52. The number of anilines is 2. The molecular weight excluding hydrogens is 304 g/mol. The van der Waals surface area contributed by atoms with Crippen LogP contribution in [0.15, 0.2) is 36.4 Å². The lowest BCUT2D eigenvalue weighted by Gasteiger charge is -2.16. The monoisotopic (exact) mass is 326 g/mol. The summed E-state index contributed by atoms with van der Waals surface area (Å²) in [6.07, 6.45) is 0. The highest BCUT2D eigenvalue weighted by Crippen LogP contribution is 2.28. The van der Waals surface area contributed by atoms with E-state index in [-0.39, 0.29) is 17.4 Å². The van der Waals surface area contributed by atoms with E-state index in [0.717, 1.165) is 16.7 Å². The van der Waals surface area contributed by atoms with Crippen LogP contribution in [0.5, 0.6) is 5.75 Å². The van der Waals surface area contributed by atoms with E-state index in [1.54, 1.807) is 12.1 Å². The van der Waals surface area contributed by atoms with Crippen LogP contribution in [0.2, 0.25) is 0 Å². The van der Waals surface area contributed by atoms with Crippen LogP contribution in [0.25, 0.3) is 0 Å². The summed E-state index contributed by atoms with van der Waals surface area (Å²) in [7, 11) is 0. The van der Waals surface area contributed by atoms with Crippen molar-refractivity contribution >= 4 is 23.2 Å². The van der Waals surface area contributed by atoms with Gasteiger partial charge >= 0.3 is 11.8 Å². The molecule has 2 aromatic carbocycles. The topological polar surface area (TPSA) is 78.4 Å². The summed E-state index contributed by atoms with van der Waals surface area (Å²) < 4.78 is 0. The van der Waals surface area contributed by atoms with Crippen LogP contribution in [-0.2, 0) is 9.59 Å². The van der Waals surface area contributed by atoms with E-state index < -0.39 is 11.8 Å². The van der Waals surface area contributed by atoms with Gasteiger partial charge in [-0.3, -0.25) is 9.59 Å². The minimum atomic E-state index is -0.825. The molecule has 0 saturated carbocycles. The molecule has 24 heavy (non-hydrogen) atoms. The highest BCUT2D eigenvalue weighted by molar-refractivity contribution is 6.44. The molecule has 0 fully saturated rings. The van der Waals surface area contributed by atoms with E-state index in [1.807, 2.05) is 45.9 Å². The lowest BCUT2D eigenvalue weighted by Crippen LogP contribution is -2.30. The first-order valence-electron chi connectivity index (χ1n) is 7.81. The first kappa shape index (κ1) is 17.5. The van der Waals surface area contributed by atoms with Crippen LogP contribution < -0.4 is 10.6 Å². The Labute approximate surface area is 141 Å². The fourth-order valence-electron chi connectivity index (χ4n) is 2.44. The van der Waals surface area contributed by atoms with Crippen LogP contribution in [0.4, 0.5) is 11.4 Å². The van der Waals surface area contributed by atoms with Gasteiger partial charge in [0.15, 0.2) is 0 Å². The van der Waals surface area contributed by atoms with E-state index in [2.05, 4.69) is 10.6 Å². The number of phenols is 1. The van der Waals surface area contributed by atoms with Gasteiger partial charge in [0.05, 0.1) is 5.69 Å². The standard InChI is InChI=1S/C19H22N2O3/c1-11(2)14-7-5-6-13(4)17(14)21-19(24)18(23)20-15-10-12(3)8-9-16(15)22/h5-11,22H,1-4H3,(H,20,23)(H,21,24). The molecule has 0 heterocycles. The van der Waals surface area contributed by atoms with Crippen LogP contribution in [0.1, 0.15) is 36.5 Å². The van der Waals surface area contributed by atoms with Crippen LogP contribution in [-0.4, -0.2) is 16.9 Å². The molecule has 0 aliphatic carbocycles. The van der Waals surface area contributed by atoms with Crippen molar-refractivity contribution in [1.82, 2.24) is 0 Å². The molecule has 3 N–H and O–H groups in total. The summed E-state index contributed by atoms with van der Waals surface area (Å²) in [6, 6.07) is 10.5. The highest BCUT2D eigenvalue weighted by Gasteiger charge is 2.19. The van der Waals surface area contributed by atoms with E-state index >= 15 is 0 Å². The first-order chi connectivity index (χ1) is 11.3. The van der Waals surface area contributed by atoms with Gasteiger partial charge in [0.2, 0.25) is 0 Å². The number of phenolic OH excluding ortho intramolecular Hbond substituents is 1. The summed E-state index contributed by atoms with van der Waals surface area (Å²) in [5, 5.41) is 14.9. The van der Waals surface area contributed by atoms with Gasteiger partial charge in [-0.1, -0.05) is 38.1 Å². The molecule has 2 rings (SSSR count). The molecule has 0 saturated heterocycles. The van der Waals surface area contributed by atoms with Gasteiger partial charge in [0.1, 0.15) is 5.75 Å². The Kier molecular flexibility index (Phi) is 5.24. The van der Waals surface area contributed by atoms with Crippen LogP contribution in [0.3, 0.4) is 0 Å². The van der Waals surface area contributed by atoms with Crippen molar-refractivity contribution in [2.45, 2.75) is 33.6 Å². The van der Waals surface area contributed by atoms with Gasteiger partial charge in [-0.05, 0) is 48.6 Å². The minimum Gasteiger partial charge on any atom is -0.506 e. The smallest absolute Gasteiger partial charge is 0.314 e. The number of benzene rings is 2. The Bertz CT molecular complexity index is 782. The van der Waals surface area contributed by atoms with Crippen molar-refractivity contribution in [3.63, 3.8) is 0 Å². The second-order valence-corrected chi connectivity index (χ2v) is 6.12. The Balaban J connectivity index is 2.18. The Morgan fingerprint density at radius 1 is 1.00 bits per heavy atom. The molecule has 0 spiro atoms. The molecule has 126 valence electrons. The van der Waals surface area contributed by atoms with Crippen LogP contribution in [0, 0.1) is 13.8 Å². The third-order valence-corrected chi connectivity index (χ3v) is 3.77. The van der Waals surface area contributed by atoms with Crippen molar-refractivity contribution in [2.75, 3.05) is 10.6 Å². The predicted octanol–water partition coefficient (Wildman–Crippen LogP) is 3.71. The molecule has 0 aromatic heterocycles. The van der Waals surface area contributed by atoms with Gasteiger partial charge in [-0.2, -0.15) is 0 Å². The van der Waals surface area contributed by atoms with Crippen molar-refractivity contribution in [1.29, 1.82) is 0 Å². The lowest BCUT2D eigenvalue weighted by atomic mass is 9.98. The normalized spacial score (nSPS) is 10.5. The number of carbonyl (C=O) groups excluding carboxylic acids is 2. The number of amides is 2. The maximum absolute atomic E-state index is 12.2. The van der Waals surface area contributed by atoms with E-state index in [9.17, 15) is 14.7 Å². The van der Waals surface area contributed by atoms with E-state index in [0.29, 0.717) is 5.69 Å². The zero-order chi connectivity index (χ0) is 17.9. The molecule has 0 aliphatic rings. The fourth-order valence-corrected chi connectivity index (χ4v) is 2.44. The number of nitrogens with one attached hydrogen (secondary N) is 2. The molecule has 0 bridgehead atoms. The molecule has 0 unspecified atom stereocenters. The maximum atomic E-state index is 12.2. The number of para-hydroxylation sites is 1. The Hall–Kier alpha value is -2.82. The lowest BCUT2D eigenvalue weighted by molar-refractivity contribution is -0.133. The zero-order valence-electron chi connectivity index (χ0n) is 14.3. The number of carbonyl (C=O) groups is 2. The van der Waals surface area contributed by atoms with Gasteiger partial charge in [0.25, 0.3) is 0 Å². The van der Waals surface area contributed by atoms with E-state index in [4.69, 9.17) is 0 Å². The molecule has 0 aliphatic heterocycles. The molecule has 5 nitrogen and oxygen atoms in total. The molecule has 0 atom stereocenters. The second kappa shape index (κ2) is 7.17. The van der Waals surface area contributed by atoms with Gasteiger partial charge in [0, 0.05) is 5.69 Å². The highest BCUT2D eigenvalue weighted by atomic mass is 16.3. The third-order valence-electron chi connectivity index (χ3n) is 3.77. The molecule has 2 aromatic rings. The largest absolute Gasteiger partial charge is 0.506 e. The number of hydrogen-bond acceptors (Lipinski definition) is 3. The molecule has 5 heteroatoms. The van der Waals surface area contributed by atoms with Crippen molar-refractivity contribution in [3.05, 3.63) is 53.1 Å². The fraction of sp³-hybridized carbons (Fsp3) is 0.263. The summed E-state index contributed by atoms with van der Waals surface area (Å²) in [4.78, 5) is 24.4. The van der Waals surface area contributed by atoms with Crippen LogP contribution >= 0.6 is 0 Å². The van der Waals surface area contributed by atoms with Gasteiger partial charge < -0.3 is 15.7 Å². The van der Waals surface area contributed by atoms with Gasteiger partial charge in [-0.15, -0.1) is 0 Å². The summed E-state index contributed by atoms with van der Waals surface area (Å²) in [5.41, 5.74) is 3.59. The minimum absolute atomic E-state index is 0.0829. The maximum Gasteiger partial charge on any atom is 0.314 e. The molecular formula is C19H22N2O3. The summed E-state index contributed by atoms with van der Waals surface area (Å²) >= 11 is 0. The average molecular weight is 326 g/mol. The first-order valence-corrected chi connectivity index (χ1v) is 7.81.